The molecule has 0 amide bonds. The van der Waals surface area contributed by atoms with Crippen LogP contribution in [0.25, 0.3) is 11.1 Å². The summed E-state index contributed by atoms with van der Waals surface area (Å²) in [5, 5.41) is 19.6. The molecule has 0 saturated carbocycles. The zero-order valence-electron chi connectivity index (χ0n) is 12.5. The molecule has 1 N–H and O–H groups in total. The maximum atomic E-state index is 11.0. The highest BCUT2D eigenvalue weighted by molar-refractivity contribution is 5.69. The summed E-state index contributed by atoms with van der Waals surface area (Å²) in [4.78, 5) is 11.0. The number of hydrogen-bond donors (Lipinski definition) is 1. The number of rotatable bonds is 3. The summed E-state index contributed by atoms with van der Waals surface area (Å²) >= 11 is 0. The first-order valence-corrected chi connectivity index (χ1v) is 6.45. The Kier molecular flexibility index (Phi) is 4.81. The fourth-order valence-corrected chi connectivity index (χ4v) is 2.23. The van der Waals surface area contributed by atoms with Gasteiger partial charge in [-0.1, -0.05) is 18.1 Å². The molecule has 0 aliphatic carbocycles. The first-order valence-electron chi connectivity index (χ1n) is 6.45. The van der Waals surface area contributed by atoms with Crippen molar-refractivity contribution in [2.24, 2.45) is 5.92 Å². The molecule has 0 saturated heterocycles. The van der Waals surface area contributed by atoms with E-state index in [0.29, 0.717) is 6.42 Å². The van der Waals surface area contributed by atoms with Crippen LogP contribution in [0.15, 0.2) is 0 Å². The van der Waals surface area contributed by atoms with E-state index in [1.54, 1.807) is 6.92 Å². The van der Waals surface area contributed by atoms with E-state index < -0.39 is 11.9 Å². The van der Waals surface area contributed by atoms with Crippen LogP contribution >= 0.6 is 0 Å². The van der Waals surface area contributed by atoms with Gasteiger partial charge < -0.3 is 5.11 Å². The first-order chi connectivity index (χ1) is 8.75. The minimum absolute atomic E-state index is 0.406. The molecule has 0 aliphatic rings. The van der Waals surface area contributed by atoms with Crippen LogP contribution in [0.1, 0.15) is 46.0 Å². The molecule has 0 spiro atoms. The molecule has 1 atom stereocenters. The predicted molar refractivity (Wildman–Crippen MR) is 76.0 cm³/mol. The van der Waals surface area contributed by atoms with Crippen molar-refractivity contribution in [2.45, 2.75) is 48.0 Å². The second-order valence-electron chi connectivity index (χ2n) is 5.43. The van der Waals surface area contributed by atoms with Crippen LogP contribution in [0.5, 0.6) is 0 Å². The van der Waals surface area contributed by atoms with Gasteiger partial charge in [0.1, 0.15) is 0 Å². The monoisotopic (exact) mass is 262 g/mol. The molecule has 1 aromatic heterocycles. The highest BCUT2D eigenvalue weighted by Crippen LogP contribution is 2.03. The van der Waals surface area contributed by atoms with Gasteiger partial charge in [-0.05, 0) is 34.6 Å². The molecule has 104 valence electrons. The van der Waals surface area contributed by atoms with Gasteiger partial charge in [0, 0.05) is 16.9 Å². The molecule has 0 aliphatic heterocycles. The number of aliphatic carboxylic acids is 1. The van der Waals surface area contributed by atoms with Gasteiger partial charge in [0.05, 0.1) is 17.3 Å². The second kappa shape index (κ2) is 5.95. The van der Waals surface area contributed by atoms with E-state index in [1.807, 2.05) is 34.6 Å². The molecule has 4 heteroatoms. The average molecular weight is 262 g/mol. The van der Waals surface area contributed by atoms with Gasteiger partial charge in [0.15, 0.2) is 0 Å². The summed E-state index contributed by atoms with van der Waals surface area (Å²) in [6.07, 6.45) is 0.406. The lowest BCUT2D eigenvalue weighted by Crippen LogP contribution is -2.37. The molecular weight excluding hydrogens is 240 g/mol. The maximum Gasteiger partial charge on any atom is 0.306 e. The minimum Gasteiger partial charge on any atom is -0.481 e. The summed E-state index contributed by atoms with van der Waals surface area (Å²) in [5.41, 5.74) is 3.98. The third-order valence-corrected chi connectivity index (χ3v) is 3.14. The third kappa shape index (κ3) is 3.40. The Balaban J connectivity index is 3.63. The van der Waals surface area contributed by atoms with E-state index in [2.05, 4.69) is 10.2 Å². The van der Waals surface area contributed by atoms with E-state index >= 15 is 0 Å². The lowest BCUT2D eigenvalue weighted by Gasteiger charge is -2.09. The Labute approximate surface area is 113 Å². The van der Waals surface area contributed by atoms with Crippen LogP contribution in [0.4, 0.5) is 0 Å². The number of carboxylic acids is 1. The largest absolute Gasteiger partial charge is 0.481 e. The van der Waals surface area contributed by atoms with Gasteiger partial charge in [-0.2, -0.15) is 10.2 Å². The van der Waals surface area contributed by atoms with Crippen molar-refractivity contribution in [3.05, 3.63) is 21.8 Å². The zero-order chi connectivity index (χ0) is 14.7. The maximum absolute atomic E-state index is 11.0. The molecule has 1 rings (SSSR count). The van der Waals surface area contributed by atoms with Crippen molar-refractivity contribution < 1.29 is 9.90 Å². The molecule has 0 fully saturated rings. The fourth-order valence-electron chi connectivity index (χ4n) is 2.23. The predicted octanol–water partition coefficient (Wildman–Crippen LogP) is 1.43. The van der Waals surface area contributed by atoms with E-state index in [-0.39, 0.29) is 0 Å². The SMILES string of the molecule is CC(C)=c1c(C)nnc(CC(C)C(=O)O)c1=C(C)C. The molecule has 1 aromatic rings. The molecule has 1 unspecified atom stereocenters. The quantitative estimate of drug-likeness (QED) is 0.895. The normalized spacial score (nSPS) is 12.1. The fraction of sp³-hybridized carbons (Fsp3) is 0.533. The number of hydrogen-bond acceptors (Lipinski definition) is 3. The van der Waals surface area contributed by atoms with Crippen molar-refractivity contribution >= 4 is 17.1 Å². The third-order valence-electron chi connectivity index (χ3n) is 3.14. The summed E-state index contributed by atoms with van der Waals surface area (Å²) in [6.45, 7) is 11.8. The number of carboxylic acid groups (broad SMARTS) is 1. The van der Waals surface area contributed by atoms with Gasteiger partial charge >= 0.3 is 5.97 Å². The van der Waals surface area contributed by atoms with Crippen molar-refractivity contribution in [3.8, 4) is 0 Å². The van der Waals surface area contributed by atoms with Gasteiger partial charge in [-0.15, -0.1) is 0 Å². The summed E-state index contributed by atoms with van der Waals surface area (Å²) in [6, 6.07) is 0. The lowest BCUT2D eigenvalue weighted by atomic mass is 10.00. The second-order valence-corrected chi connectivity index (χ2v) is 5.43. The Hall–Kier alpha value is -1.71. The first kappa shape index (κ1) is 15.3. The van der Waals surface area contributed by atoms with E-state index in [4.69, 9.17) is 5.11 Å². The molecule has 0 radical (unpaired) electrons. The smallest absolute Gasteiger partial charge is 0.306 e. The highest BCUT2D eigenvalue weighted by Gasteiger charge is 2.15. The zero-order valence-corrected chi connectivity index (χ0v) is 12.5. The number of aryl methyl sites for hydroxylation is 1. The summed E-state index contributed by atoms with van der Waals surface area (Å²) < 4.78 is 0. The van der Waals surface area contributed by atoms with Crippen LogP contribution in [0.3, 0.4) is 0 Å². The van der Waals surface area contributed by atoms with Crippen molar-refractivity contribution in [3.63, 3.8) is 0 Å². The molecule has 4 nitrogen and oxygen atoms in total. The Morgan fingerprint density at radius 3 is 2.05 bits per heavy atom. The van der Waals surface area contributed by atoms with Gasteiger partial charge in [0.25, 0.3) is 0 Å². The topological polar surface area (TPSA) is 63.1 Å². The van der Waals surface area contributed by atoms with Crippen molar-refractivity contribution in [2.75, 3.05) is 0 Å². The van der Waals surface area contributed by atoms with E-state index in [1.165, 1.54) is 5.57 Å². The molecular formula is C15H22N2O2. The van der Waals surface area contributed by atoms with Gasteiger partial charge in [-0.25, -0.2) is 0 Å². The van der Waals surface area contributed by atoms with Crippen molar-refractivity contribution in [1.82, 2.24) is 10.2 Å². The number of nitrogens with zero attached hydrogens (tertiary/aromatic N) is 2. The highest BCUT2D eigenvalue weighted by atomic mass is 16.4. The number of aromatic nitrogens is 2. The van der Waals surface area contributed by atoms with Crippen LogP contribution in [-0.2, 0) is 11.2 Å². The molecule has 0 bridgehead atoms. The lowest BCUT2D eigenvalue weighted by molar-refractivity contribution is -0.141. The molecule has 1 heterocycles. The minimum atomic E-state index is -0.805. The standard InChI is InChI=1S/C15H22N2O2/c1-8(2)13-11(6)16-17-12(14(13)9(3)4)7-10(5)15(18)19/h10H,7H2,1-6H3,(H,18,19). The van der Waals surface area contributed by atoms with Crippen molar-refractivity contribution in [1.29, 1.82) is 0 Å². The Morgan fingerprint density at radius 2 is 1.63 bits per heavy atom. The van der Waals surface area contributed by atoms with Gasteiger partial charge in [0.2, 0.25) is 0 Å². The Bertz CT molecular complexity index is 610. The van der Waals surface area contributed by atoms with Crippen LogP contribution < -0.4 is 10.4 Å². The average Bonchev–Trinajstić information content (AvgIpc) is 2.29. The van der Waals surface area contributed by atoms with Gasteiger partial charge in [-0.3, -0.25) is 4.79 Å². The van der Waals surface area contributed by atoms with E-state index in [9.17, 15) is 4.79 Å². The van der Waals surface area contributed by atoms with Crippen LogP contribution in [0, 0.1) is 12.8 Å². The Morgan fingerprint density at radius 1 is 1.11 bits per heavy atom. The number of carbonyl (C=O) groups is 1. The van der Waals surface area contributed by atoms with E-state index in [0.717, 1.165) is 27.4 Å². The summed E-state index contributed by atoms with van der Waals surface area (Å²) in [5.74, 6) is -1.26. The molecule has 0 aromatic carbocycles. The van der Waals surface area contributed by atoms with Crippen LogP contribution in [0.2, 0.25) is 0 Å². The van der Waals surface area contributed by atoms with Crippen LogP contribution in [-0.4, -0.2) is 21.3 Å². The summed E-state index contributed by atoms with van der Waals surface area (Å²) in [7, 11) is 0. The molecule has 19 heavy (non-hydrogen) atoms.